The van der Waals surface area contributed by atoms with Gasteiger partial charge in [-0.05, 0) is 67.2 Å². The van der Waals surface area contributed by atoms with Crippen molar-refractivity contribution in [3.05, 3.63) is 152 Å². The van der Waals surface area contributed by atoms with Gasteiger partial charge in [0.15, 0.2) is 17.5 Å². The Kier molecular flexibility index (Phi) is 5.54. The largest absolute Gasteiger partial charge is 0.208 e. The zero-order valence-electron chi connectivity index (χ0n) is 26.2. The van der Waals surface area contributed by atoms with Crippen LogP contribution in [0.15, 0.2) is 152 Å². The van der Waals surface area contributed by atoms with Crippen LogP contribution in [-0.4, -0.2) is 15.0 Å². The average Bonchev–Trinajstić information content (AvgIpc) is 3.70. The maximum Gasteiger partial charge on any atom is 0.165 e. The van der Waals surface area contributed by atoms with E-state index in [1.807, 2.05) is 29.5 Å². The third-order valence-corrected chi connectivity index (χ3v) is 11.1. The van der Waals surface area contributed by atoms with Crippen LogP contribution < -0.4 is 0 Å². The molecule has 0 saturated heterocycles. The molecule has 0 bridgehead atoms. The molecule has 1 aliphatic carbocycles. The molecule has 1 aliphatic rings. The fraction of sp³-hybridized carbons (Fsp3) is 0. The van der Waals surface area contributed by atoms with Crippen molar-refractivity contribution in [3.63, 3.8) is 0 Å². The first-order chi connectivity index (χ1) is 24.3. The number of nitrogens with zero attached hydrogens (tertiary/aromatic N) is 3. The van der Waals surface area contributed by atoms with Gasteiger partial charge in [-0.2, -0.15) is 0 Å². The van der Waals surface area contributed by atoms with Gasteiger partial charge in [0, 0.05) is 42.4 Å². The smallest absolute Gasteiger partial charge is 0.165 e. The van der Waals surface area contributed by atoms with E-state index in [1.165, 1.54) is 69.4 Å². The van der Waals surface area contributed by atoms with Crippen molar-refractivity contribution < 1.29 is 0 Å². The molecule has 0 radical (unpaired) electrons. The number of fused-ring (bicyclic) bond motifs is 9. The van der Waals surface area contributed by atoms with E-state index in [2.05, 4.69) is 133 Å². The quantitative estimate of drug-likeness (QED) is 0.181. The zero-order valence-corrected chi connectivity index (χ0v) is 27.0. The van der Waals surface area contributed by atoms with Gasteiger partial charge in [0.25, 0.3) is 0 Å². The predicted octanol–water partition coefficient (Wildman–Crippen LogP) is 12.3. The summed E-state index contributed by atoms with van der Waals surface area (Å²) in [6.07, 6.45) is 0. The van der Waals surface area contributed by atoms with Gasteiger partial charge in [0.1, 0.15) is 0 Å². The summed E-state index contributed by atoms with van der Waals surface area (Å²) in [5, 5.41) is 9.82. The highest BCUT2D eigenvalue weighted by atomic mass is 32.1. The van der Waals surface area contributed by atoms with Crippen molar-refractivity contribution in [3.8, 4) is 56.4 Å². The number of aromatic nitrogens is 3. The van der Waals surface area contributed by atoms with Crippen molar-refractivity contribution in [2.75, 3.05) is 0 Å². The Hall–Kier alpha value is -6.23. The number of hydrogen-bond acceptors (Lipinski definition) is 4. The molecule has 0 saturated carbocycles. The molecule has 2 heterocycles. The van der Waals surface area contributed by atoms with Crippen LogP contribution in [0.5, 0.6) is 0 Å². The fourth-order valence-corrected chi connectivity index (χ4v) is 9.02. The third kappa shape index (κ3) is 3.92. The molecule has 3 nitrogen and oxygen atoms in total. The van der Waals surface area contributed by atoms with E-state index in [4.69, 9.17) is 15.0 Å². The minimum atomic E-state index is 0.665. The Labute approximate surface area is 285 Å². The summed E-state index contributed by atoms with van der Waals surface area (Å²) in [4.78, 5) is 15.9. The zero-order chi connectivity index (χ0) is 32.1. The maximum absolute atomic E-state index is 5.39. The van der Waals surface area contributed by atoms with E-state index in [0.717, 1.165) is 22.1 Å². The molecule has 8 aromatic carbocycles. The van der Waals surface area contributed by atoms with Crippen LogP contribution in [0, 0.1) is 0 Å². The highest BCUT2D eigenvalue weighted by Crippen LogP contribution is 2.55. The van der Waals surface area contributed by atoms with Gasteiger partial charge in [0.2, 0.25) is 0 Å². The number of benzene rings is 8. The first kappa shape index (κ1) is 26.8. The summed E-state index contributed by atoms with van der Waals surface area (Å²) in [6, 6.07) is 54.2. The first-order valence-electron chi connectivity index (χ1n) is 16.5. The molecule has 0 spiro atoms. The third-order valence-electron chi connectivity index (χ3n) is 10.0. The summed E-state index contributed by atoms with van der Waals surface area (Å²) in [5.41, 5.74) is 7.93. The Balaban J connectivity index is 1.25. The molecule has 0 atom stereocenters. The minimum absolute atomic E-state index is 0.665. The summed E-state index contributed by atoms with van der Waals surface area (Å²) < 4.78 is 2.49. The van der Waals surface area contributed by atoms with Gasteiger partial charge in [-0.25, -0.2) is 15.0 Å². The van der Waals surface area contributed by atoms with Gasteiger partial charge >= 0.3 is 0 Å². The number of hydrogen-bond donors (Lipinski definition) is 0. The van der Waals surface area contributed by atoms with Crippen molar-refractivity contribution in [2.45, 2.75) is 0 Å². The first-order valence-corrected chi connectivity index (χ1v) is 17.3. The van der Waals surface area contributed by atoms with Gasteiger partial charge in [0.05, 0.1) is 0 Å². The second kappa shape index (κ2) is 10.1. The lowest BCUT2D eigenvalue weighted by molar-refractivity contribution is 1.08. The lowest BCUT2D eigenvalue weighted by Gasteiger charge is -2.15. The van der Waals surface area contributed by atoms with Crippen LogP contribution in [0.4, 0.5) is 0 Å². The van der Waals surface area contributed by atoms with E-state index in [-0.39, 0.29) is 0 Å². The van der Waals surface area contributed by atoms with Crippen molar-refractivity contribution in [1.82, 2.24) is 15.0 Å². The van der Waals surface area contributed by atoms with Crippen LogP contribution in [0.25, 0.3) is 109 Å². The highest BCUT2D eigenvalue weighted by Gasteiger charge is 2.29. The Morgan fingerprint density at radius 1 is 0.347 bits per heavy atom. The molecule has 0 N–H and O–H groups in total. The topological polar surface area (TPSA) is 38.7 Å². The monoisotopic (exact) mass is 639 g/mol. The number of thiophene rings is 1. The second-order valence-corrected chi connectivity index (χ2v) is 13.8. The van der Waals surface area contributed by atoms with E-state index >= 15 is 0 Å². The Morgan fingerprint density at radius 2 is 1.02 bits per heavy atom. The van der Waals surface area contributed by atoms with E-state index < -0.39 is 0 Å². The highest BCUT2D eigenvalue weighted by molar-refractivity contribution is 7.26. The summed E-state index contributed by atoms with van der Waals surface area (Å²) in [5.74, 6) is 2.02. The normalized spacial score (nSPS) is 12.1. The average molecular weight is 640 g/mol. The molecular formula is C45H25N3S. The molecule has 226 valence electrons. The van der Waals surface area contributed by atoms with Crippen LogP contribution in [-0.2, 0) is 0 Å². The summed E-state index contributed by atoms with van der Waals surface area (Å²) in [7, 11) is 0. The molecule has 4 heteroatoms. The lowest BCUT2D eigenvalue weighted by atomic mass is 9.93. The second-order valence-electron chi connectivity index (χ2n) is 12.7. The SMILES string of the molecule is c1ccc(-c2nc(-c3ccc4c(ccc5ccccc54)c3)nc(-c3c4c(cc5sc6ccccc6c35)-c3cccc5cccc-4c35)n2)cc1. The molecule has 11 rings (SSSR count). The molecular weight excluding hydrogens is 615 g/mol. The Bertz CT molecular complexity index is 2990. The van der Waals surface area contributed by atoms with Gasteiger partial charge in [-0.1, -0.05) is 133 Å². The molecule has 0 aliphatic heterocycles. The lowest BCUT2D eigenvalue weighted by Crippen LogP contribution is -2.01. The predicted molar refractivity (Wildman–Crippen MR) is 206 cm³/mol. The van der Waals surface area contributed by atoms with Gasteiger partial charge < -0.3 is 0 Å². The van der Waals surface area contributed by atoms with Crippen molar-refractivity contribution in [1.29, 1.82) is 0 Å². The molecule has 0 amide bonds. The number of rotatable bonds is 3. The van der Waals surface area contributed by atoms with Crippen LogP contribution in [0.1, 0.15) is 0 Å². The van der Waals surface area contributed by atoms with E-state index in [9.17, 15) is 0 Å². The standard InChI is InChI=1S/C45H25N3S/c1-2-11-28(12-3-1)43-46-44(30-22-23-32-29(24-30)21-20-26-10-4-5-15-31(26)32)48-45(47-43)42-40-35-18-9-14-27-13-8-17-33(39(27)35)36(40)25-38-41(42)34-16-6-7-19-37(34)49-38/h1-25H. The summed E-state index contributed by atoms with van der Waals surface area (Å²) >= 11 is 1.84. The van der Waals surface area contributed by atoms with E-state index in [0.29, 0.717) is 17.5 Å². The Morgan fingerprint density at radius 3 is 1.90 bits per heavy atom. The van der Waals surface area contributed by atoms with Crippen molar-refractivity contribution >= 4 is 63.8 Å². The molecule has 2 aromatic heterocycles. The van der Waals surface area contributed by atoms with Crippen LogP contribution in [0.2, 0.25) is 0 Å². The van der Waals surface area contributed by atoms with Crippen LogP contribution in [0.3, 0.4) is 0 Å². The van der Waals surface area contributed by atoms with Gasteiger partial charge in [-0.15, -0.1) is 11.3 Å². The van der Waals surface area contributed by atoms with Crippen LogP contribution >= 0.6 is 11.3 Å². The van der Waals surface area contributed by atoms with Gasteiger partial charge in [-0.3, -0.25) is 0 Å². The molecule has 10 aromatic rings. The molecule has 49 heavy (non-hydrogen) atoms. The van der Waals surface area contributed by atoms with E-state index in [1.54, 1.807) is 0 Å². The summed E-state index contributed by atoms with van der Waals surface area (Å²) in [6.45, 7) is 0. The maximum atomic E-state index is 5.39. The van der Waals surface area contributed by atoms with Crippen molar-refractivity contribution in [2.24, 2.45) is 0 Å². The minimum Gasteiger partial charge on any atom is -0.208 e. The molecule has 0 unspecified atom stereocenters. The fourth-order valence-electron chi connectivity index (χ4n) is 7.86. The molecule has 0 fully saturated rings.